The summed E-state index contributed by atoms with van der Waals surface area (Å²) in [5, 5.41) is 29.2. The fourth-order valence-corrected chi connectivity index (χ4v) is 9.03. The molecule has 3 N–H and O–H groups in total. The minimum atomic E-state index is -2.08. The molecular weight excluding hydrogens is 320 g/mol. The van der Waals surface area contributed by atoms with Gasteiger partial charge in [-0.1, -0.05) is 27.2 Å². The van der Waals surface area contributed by atoms with Crippen molar-refractivity contribution in [2.45, 2.75) is 109 Å². The second kappa shape index (κ2) is 8.63. The Kier molecular flexibility index (Phi) is 7.94. The van der Waals surface area contributed by atoms with Crippen LogP contribution in [-0.2, 0) is 4.43 Å². The number of aliphatic hydroxyl groups is 3. The molecule has 0 heterocycles. The third-order valence-electron chi connectivity index (χ3n) is 5.45. The van der Waals surface area contributed by atoms with Gasteiger partial charge in [-0.25, -0.2) is 0 Å². The van der Waals surface area contributed by atoms with Gasteiger partial charge in [0.2, 0.25) is 0 Å². The SMILES string of the molecule is CC(C)(C)O[Si](CCCO)(CCC1CCC(O)C(O)C1)C(C)(C)C. The highest BCUT2D eigenvalue weighted by atomic mass is 28.4. The van der Waals surface area contributed by atoms with Crippen molar-refractivity contribution in [2.24, 2.45) is 5.92 Å². The van der Waals surface area contributed by atoms with Gasteiger partial charge in [0.15, 0.2) is 8.32 Å². The van der Waals surface area contributed by atoms with Crippen molar-refractivity contribution in [1.29, 1.82) is 0 Å². The summed E-state index contributed by atoms with van der Waals surface area (Å²) in [6, 6.07) is 2.03. The van der Waals surface area contributed by atoms with E-state index < -0.39 is 20.5 Å². The smallest absolute Gasteiger partial charge is 0.198 e. The van der Waals surface area contributed by atoms with Crippen molar-refractivity contribution in [3.63, 3.8) is 0 Å². The standard InChI is InChI=1S/C19H40O4Si/c1-18(2,3)23-24(12-7-11-20,19(4,5)6)13-10-15-8-9-16(21)17(22)14-15/h15-17,20-22H,7-14H2,1-6H3. The molecule has 0 aromatic carbocycles. The van der Waals surface area contributed by atoms with Crippen molar-refractivity contribution in [3.8, 4) is 0 Å². The molecule has 1 saturated carbocycles. The molecule has 0 aliphatic heterocycles. The summed E-state index contributed by atoms with van der Waals surface area (Å²) in [6.45, 7) is 13.4. The maximum atomic E-state index is 9.96. The zero-order valence-electron chi connectivity index (χ0n) is 16.6. The third-order valence-corrected chi connectivity index (χ3v) is 11.4. The fraction of sp³-hybridized carbons (Fsp3) is 1.00. The van der Waals surface area contributed by atoms with Crippen LogP contribution in [0.15, 0.2) is 0 Å². The Labute approximate surface area is 149 Å². The van der Waals surface area contributed by atoms with E-state index in [2.05, 4.69) is 41.5 Å². The minimum Gasteiger partial charge on any atom is -0.412 e. The van der Waals surface area contributed by atoms with Gasteiger partial charge in [-0.2, -0.15) is 0 Å². The maximum Gasteiger partial charge on any atom is 0.198 e. The number of rotatable bonds is 7. The molecule has 1 rings (SSSR count). The Morgan fingerprint density at radius 2 is 1.58 bits per heavy atom. The molecule has 4 atom stereocenters. The molecular formula is C19H40O4Si. The van der Waals surface area contributed by atoms with E-state index in [1.165, 1.54) is 0 Å². The van der Waals surface area contributed by atoms with Gasteiger partial charge in [0, 0.05) is 12.2 Å². The Hall–Kier alpha value is 0.0569. The monoisotopic (exact) mass is 360 g/mol. The first-order chi connectivity index (χ1) is 10.9. The molecule has 0 radical (unpaired) electrons. The van der Waals surface area contributed by atoms with E-state index in [1.807, 2.05) is 0 Å². The molecule has 1 aliphatic rings. The van der Waals surface area contributed by atoms with Gasteiger partial charge >= 0.3 is 0 Å². The lowest BCUT2D eigenvalue weighted by Gasteiger charge is -2.47. The number of hydrogen-bond donors (Lipinski definition) is 3. The quantitative estimate of drug-likeness (QED) is 0.603. The normalized spacial score (nSPS) is 28.6. The van der Waals surface area contributed by atoms with Crippen molar-refractivity contribution in [3.05, 3.63) is 0 Å². The molecule has 5 heteroatoms. The van der Waals surface area contributed by atoms with Crippen LogP contribution in [0.5, 0.6) is 0 Å². The highest BCUT2D eigenvalue weighted by molar-refractivity contribution is 6.76. The lowest BCUT2D eigenvalue weighted by atomic mass is 9.84. The molecule has 0 aromatic heterocycles. The lowest BCUT2D eigenvalue weighted by Crippen LogP contribution is -2.52. The lowest BCUT2D eigenvalue weighted by molar-refractivity contribution is -0.0261. The Morgan fingerprint density at radius 3 is 2.04 bits per heavy atom. The summed E-state index contributed by atoms with van der Waals surface area (Å²) >= 11 is 0. The van der Waals surface area contributed by atoms with E-state index in [-0.39, 0.29) is 17.2 Å². The van der Waals surface area contributed by atoms with Crippen molar-refractivity contribution in [1.82, 2.24) is 0 Å². The van der Waals surface area contributed by atoms with Gasteiger partial charge in [-0.15, -0.1) is 0 Å². The van der Waals surface area contributed by atoms with Crippen LogP contribution in [0.2, 0.25) is 17.1 Å². The Bertz CT molecular complexity index is 375. The van der Waals surface area contributed by atoms with E-state index in [1.54, 1.807) is 0 Å². The van der Waals surface area contributed by atoms with E-state index >= 15 is 0 Å². The summed E-state index contributed by atoms with van der Waals surface area (Å²) in [5.41, 5.74) is -0.183. The van der Waals surface area contributed by atoms with E-state index in [0.717, 1.165) is 31.4 Å². The van der Waals surface area contributed by atoms with Gasteiger partial charge in [-0.05, 0) is 69.5 Å². The second-order valence-electron chi connectivity index (χ2n) is 9.64. The Balaban J connectivity index is 2.87. The molecule has 4 nitrogen and oxygen atoms in total. The molecule has 0 spiro atoms. The topological polar surface area (TPSA) is 69.9 Å². The third kappa shape index (κ3) is 6.41. The largest absolute Gasteiger partial charge is 0.412 e. The number of hydrogen-bond acceptors (Lipinski definition) is 4. The first kappa shape index (κ1) is 22.1. The van der Waals surface area contributed by atoms with Crippen molar-refractivity contribution < 1.29 is 19.7 Å². The van der Waals surface area contributed by atoms with Crippen LogP contribution < -0.4 is 0 Å². The highest BCUT2D eigenvalue weighted by Crippen LogP contribution is 2.47. The average Bonchev–Trinajstić information content (AvgIpc) is 2.43. The zero-order valence-corrected chi connectivity index (χ0v) is 17.6. The van der Waals surface area contributed by atoms with Gasteiger partial charge in [0.25, 0.3) is 0 Å². The second-order valence-corrected chi connectivity index (χ2v) is 14.3. The first-order valence-corrected chi connectivity index (χ1v) is 11.9. The summed E-state index contributed by atoms with van der Waals surface area (Å²) in [4.78, 5) is 0. The van der Waals surface area contributed by atoms with Gasteiger partial charge in [0.1, 0.15) is 0 Å². The van der Waals surface area contributed by atoms with Crippen LogP contribution in [0.1, 0.15) is 73.6 Å². The van der Waals surface area contributed by atoms with Crippen LogP contribution in [0.3, 0.4) is 0 Å². The first-order valence-electron chi connectivity index (χ1n) is 9.57. The van der Waals surface area contributed by atoms with E-state index in [0.29, 0.717) is 18.8 Å². The fourth-order valence-electron chi connectivity index (χ4n) is 4.00. The average molecular weight is 361 g/mol. The summed E-state index contributed by atoms with van der Waals surface area (Å²) in [6.07, 6.45) is 3.11. The van der Waals surface area contributed by atoms with Gasteiger partial charge in [0.05, 0.1) is 12.2 Å². The summed E-state index contributed by atoms with van der Waals surface area (Å²) < 4.78 is 6.75. The molecule has 0 saturated heterocycles. The van der Waals surface area contributed by atoms with E-state index in [9.17, 15) is 15.3 Å². The number of aliphatic hydroxyl groups excluding tert-OH is 3. The molecule has 0 amide bonds. The minimum absolute atomic E-state index is 0.0995. The Morgan fingerprint density at radius 1 is 0.958 bits per heavy atom. The predicted octanol–water partition coefficient (Wildman–Crippen LogP) is 3.84. The van der Waals surface area contributed by atoms with Crippen LogP contribution >= 0.6 is 0 Å². The summed E-state index contributed by atoms with van der Waals surface area (Å²) in [7, 11) is -2.08. The predicted molar refractivity (Wildman–Crippen MR) is 102 cm³/mol. The van der Waals surface area contributed by atoms with Crippen LogP contribution in [-0.4, -0.2) is 48.1 Å². The van der Waals surface area contributed by atoms with Crippen LogP contribution in [0.4, 0.5) is 0 Å². The van der Waals surface area contributed by atoms with Crippen molar-refractivity contribution >= 4 is 8.32 Å². The molecule has 0 aromatic rings. The van der Waals surface area contributed by atoms with E-state index in [4.69, 9.17) is 4.43 Å². The zero-order chi connectivity index (χ0) is 18.6. The molecule has 144 valence electrons. The van der Waals surface area contributed by atoms with Gasteiger partial charge < -0.3 is 19.7 Å². The van der Waals surface area contributed by atoms with Crippen LogP contribution in [0, 0.1) is 5.92 Å². The van der Waals surface area contributed by atoms with Crippen molar-refractivity contribution in [2.75, 3.05) is 6.61 Å². The molecule has 1 fully saturated rings. The molecule has 24 heavy (non-hydrogen) atoms. The molecule has 4 unspecified atom stereocenters. The van der Waals surface area contributed by atoms with Crippen LogP contribution in [0.25, 0.3) is 0 Å². The maximum absolute atomic E-state index is 9.96. The van der Waals surface area contributed by atoms with Gasteiger partial charge in [-0.3, -0.25) is 0 Å². The molecule has 1 aliphatic carbocycles. The summed E-state index contributed by atoms with van der Waals surface area (Å²) in [5.74, 6) is 0.468. The highest BCUT2D eigenvalue weighted by Gasteiger charge is 2.48. The molecule has 0 bridgehead atoms.